The molecule has 0 unspecified atom stereocenters. The van der Waals surface area contributed by atoms with E-state index in [1.165, 1.54) is 22.7 Å². The van der Waals surface area contributed by atoms with Gasteiger partial charge in [-0.2, -0.15) is 0 Å². The van der Waals surface area contributed by atoms with Crippen molar-refractivity contribution in [1.82, 2.24) is 4.98 Å². The predicted octanol–water partition coefficient (Wildman–Crippen LogP) is 6.32. The van der Waals surface area contributed by atoms with Crippen molar-refractivity contribution >= 4 is 91.3 Å². The van der Waals surface area contributed by atoms with Gasteiger partial charge in [-0.15, -0.1) is 0 Å². The van der Waals surface area contributed by atoms with Crippen LogP contribution in [0.2, 0.25) is 10.0 Å². The third kappa shape index (κ3) is 5.32. The molecule has 4 aromatic rings. The number of aromatic nitrogens is 1. The van der Waals surface area contributed by atoms with Crippen LogP contribution < -0.4 is 19.8 Å². The maximum Gasteiger partial charge on any atom is 0.305 e. The summed E-state index contributed by atoms with van der Waals surface area (Å²) in [5.74, 6) is -2.28. The molecule has 13 heteroatoms. The third-order valence-electron chi connectivity index (χ3n) is 6.71. The summed E-state index contributed by atoms with van der Waals surface area (Å²) in [4.78, 5) is 57.1. The molecule has 3 heterocycles. The number of aromatic amines is 1. The van der Waals surface area contributed by atoms with Crippen LogP contribution in [0.4, 0.5) is 11.4 Å². The number of nitrogens with zero attached hydrogens (tertiary/aromatic N) is 1. The number of thioether (sulfide) groups is 1. The summed E-state index contributed by atoms with van der Waals surface area (Å²) in [5, 5.41) is 3.17. The lowest BCUT2D eigenvalue weighted by atomic mass is 9.82. The van der Waals surface area contributed by atoms with Crippen molar-refractivity contribution < 1.29 is 19.1 Å². The van der Waals surface area contributed by atoms with E-state index in [2.05, 4.69) is 26.2 Å². The number of benzene rings is 3. The molecule has 41 heavy (non-hydrogen) atoms. The number of hydrogen-bond acceptors (Lipinski definition) is 7. The number of halogens is 3. The molecule has 3 aromatic carbocycles. The number of carbonyl (C=O) groups excluding carboxylic acids is 3. The van der Waals surface area contributed by atoms with Gasteiger partial charge in [-0.3, -0.25) is 19.2 Å². The highest BCUT2D eigenvalue weighted by atomic mass is 79.9. The topological polar surface area (TPSA) is 109 Å². The lowest BCUT2D eigenvalue weighted by molar-refractivity contribution is -0.122. The Labute approximate surface area is 260 Å². The Morgan fingerprint density at radius 1 is 1.00 bits per heavy atom. The van der Waals surface area contributed by atoms with Crippen molar-refractivity contribution in [2.24, 2.45) is 5.92 Å². The Kier molecular flexibility index (Phi) is 7.73. The second-order valence-electron chi connectivity index (χ2n) is 9.25. The maximum atomic E-state index is 13.9. The van der Waals surface area contributed by atoms with E-state index < -0.39 is 23.0 Å². The van der Waals surface area contributed by atoms with Crippen LogP contribution in [0.3, 0.4) is 0 Å². The molecule has 1 aromatic heterocycles. The number of fused-ring (bicyclic) bond motifs is 2. The second-order valence-corrected chi connectivity index (χ2v) is 13.1. The number of hydrogen-bond donors (Lipinski definition) is 2. The number of anilines is 2. The van der Waals surface area contributed by atoms with Crippen molar-refractivity contribution in [2.75, 3.05) is 16.8 Å². The quantitative estimate of drug-likeness (QED) is 0.229. The minimum absolute atomic E-state index is 0.286. The summed E-state index contributed by atoms with van der Waals surface area (Å²) < 4.78 is 6.69. The van der Waals surface area contributed by atoms with Gasteiger partial charge in [0, 0.05) is 26.5 Å². The average molecular weight is 691 g/mol. The number of nitrogens with one attached hydrogen (secondary N) is 2. The summed E-state index contributed by atoms with van der Waals surface area (Å²) in [5.41, 5.74) is 1.51. The van der Waals surface area contributed by atoms with E-state index in [4.69, 9.17) is 27.9 Å². The largest absolute Gasteiger partial charge is 0.483 e. The van der Waals surface area contributed by atoms with E-state index in [9.17, 15) is 19.2 Å². The maximum absolute atomic E-state index is 13.9. The molecule has 0 aliphatic carbocycles. The zero-order chi connectivity index (χ0) is 28.8. The molecule has 0 radical (unpaired) electrons. The van der Waals surface area contributed by atoms with Gasteiger partial charge in [0.1, 0.15) is 11.0 Å². The van der Waals surface area contributed by atoms with Crippen molar-refractivity contribution in [1.29, 1.82) is 0 Å². The molecule has 1 saturated heterocycles. The number of imide groups is 1. The molecule has 3 atom stereocenters. The number of para-hydroxylation sites is 1. The third-order valence-corrected chi connectivity index (χ3v) is 10.3. The van der Waals surface area contributed by atoms with Crippen molar-refractivity contribution in [3.63, 3.8) is 0 Å². The summed E-state index contributed by atoms with van der Waals surface area (Å²) >= 11 is 17.7. The lowest BCUT2D eigenvalue weighted by Crippen LogP contribution is -2.32. The molecule has 0 saturated carbocycles. The molecule has 2 N–H and O–H groups in total. The van der Waals surface area contributed by atoms with Gasteiger partial charge in [0.05, 0.1) is 26.7 Å². The van der Waals surface area contributed by atoms with Gasteiger partial charge in [-0.1, -0.05) is 80.4 Å². The molecule has 208 valence electrons. The Morgan fingerprint density at radius 2 is 1.78 bits per heavy atom. The first kappa shape index (κ1) is 28.0. The number of amides is 3. The normalized spacial score (nSPS) is 19.6. The van der Waals surface area contributed by atoms with Gasteiger partial charge in [0.15, 0.2) is 6.61 Å². The van der Waals surface area contributed by atoms with Gasteiger partial charge in [-0.05, 0) is 48.5 Å². The fraction of sp³-hybridized carbons (Fsp3) is 0.143. The summed E-state index contributed by atoms with van der Waals surface area (Å²) in [7, 11) is 0. The minimum Gasteiger partial charge on any atom is -0.483 e. The van der Waals surface area contributed by atoms with Crippen LogP contribution in [-0.2, 0) is 14.4 Å². The van der Waals surface area contributed by atoms with Crippen LogP contribution in [0.25, 0.3) is 0 Å². The monoisotopic (exact) mass is 689 g/mol. The van der Waals surface area contributed by atoms with E-state index in [0.717, 1.165) is 11.3 Å². The lowest BCUT2D eigenvalue weighted by Gasteiger charge is -2.31. The molecule has 0 bridgehead atoms. The predicted molar refractivity (Wildman–Crippen MR) is 164 cm³/mol. The standard InChI is InChI=1S/C28H18BrCl2N3O5S2/c29-13-6-9-19(39-12-20(35)32-14-7-8-17(30)18(31)11-14)16(10-13)21-22-24(40-25-23(21)41-28(38)33-25)27(37)34(26(22)36)15-4-2-1-3-5-15/h1-11,21-22,24H,12H2,(H,32,35)(H,33,38)/t21-,22-,24+/m0/s1. The van der Waals surface area contributed by atoms with Gasteiger partial charge >= 0.3 is 4.87 Å². The van der Waals surface area contributed by atoms with E-state index in [1.807, 2.05) is 6.07 Å². The number of H-pyrrole nitrogens is 1. The van der Waals surface area contributed by atoms with Crippen LogP contribution in [0.5, 0.6) is 5.75 Å². The molecule has 2 aliphatic rings. The highest BCUT2D eigenvalue weighted by molar-refractivity contribution is 9.10. The van der Waals surface area contributed by atoms with Crippen LogP contribution in [0.1, 0.15) is 16.4 Å². The summed E-state index contributed by atoms with van der Waals surface area (Å²) in [6.45, 7) is -0.344. The van der Waals surface area contributed by atoms with Crippen molar-refractivity contribution in [2.45, 2.75) is 16.2 Å². The minimum atomic E-state index is -0.798. The van der Waals surface area contributed by atoms with E-state index >= 15 is 0 Å². The Morgan fingerprint density at radius 3 is 2.54 bits per heavy atom. The fourth-order valence-electron chi connectivity index (χ4n) is 4.99. The van der Waals surface area contributed by atoms with Crippen LogP contribution >= 0.6 is 62.2 Å². The molecular weight excluding hydrogens is 673 g/mol. The number of thiazole rings is 1. The summed E-state index contributed by atoms with van der Waals surface area (Å²) in [6, 6.07) is 18.7. The van der Waals surface area contributed by atoms with Crippen molar-refractivity contribution in [3.05, 3.63) is 101 Å². The first-order valence-electron chi connectivity index (χ1n) is 12.2. The van der Waals surface area contributed by atoms with Gasteiger partial charge in [0.2, 0.25) is 11.8 Å². The molecule has 1 fully saturated rings. The molecule has 3 amide bonds. The fourth-order valence-corrected chi connectivity index (χ4v) is 8.17. The molecule has 6 rings (SSSR count). The highest BCUT2D eigenvalue weighted by Crippen LogP contribution is 2.54. The first-order valence-corrected chi connectivity index (χ1v) is 15.5. The summed E-state index contributed by atoms with van der Waals surface area (Å²) in [6.07, 6.45) is 0. The smallest absolute Gasteiger partial charge is 0.305 e. The zero-order valence-electron chi connectivity index (χ0n) is 20.7. The SMILES string of the molecule is O=C(COc1ccc(Br)cc1[C@@H]1c2sc(=O)[nH]c2S[C@H]2C(=O)N(c3ccccc3)C(=O)[C@@H]12)Nc1ccc(Cl)c(Cl)c1. The zero-order valence-corrected chi connectivity index (χ0v) is 25.5. The van der Waals surface area contributed by atoms with Gasteiger partial charge in [0.25, 0.3) is 5.91 Å². The molecule has 2 aliphatic heterocycles. The second kappa shape index (κ2) is 11.3. The Hall–Kier alpha value is -3.09. The average Bonchev–Trinajstić information content (AvgIpc) is 3.44. The highest BCUT2D eigenvalue weighted by Gasteiger charge is 2.56. The number of rotatable bonds is 6. The van der Waals surface area contributed by atoms with Gasteiger partial charge < -0.3 is 15.0 Å². The van der Waals surface area contributed by atoms with Crippen LogP contribution in [0, 0.1) is 5.92 Å². The van der Waals surface area contributed by atoms with Crippen molar-refractivity contribution in [3.8, 4) is 5.75 Å². The molecule has 0 spiro atoms. The number of carbonyl (C=O) groups is 3. The molecular formula is C28H18BrCl2N3O5S2. The van der Waals surface area contributed by atoms with Gasteiger partial charge in [-0.25, -0.2) is 4.90 Å². The number of ether oxygens (including phenoxy) is 1. The molecule has 8 nitrogen and oxygen atoms in total. The van der Waals surface area contributed by atoms with Crippen LogP contribution in [0.15, 0.2) is 81.0 Å². The van der Waals surface area contributed by atoms with E-state index in [0.29, 0.717) is 47.1 Å². The first-order chi connectivity index (χ1) is 19.7. The van der Waals surface area contributed by atoms with E-state index in [1.54, 1.807) is 54.6 Å². The van der Waals surface area contributed by atoms with E-state index in [-0.39, 0.29) is 23.3 Å². The Balaban J connectivity index is 1.35. The Bertz CT molecular complexity index is 1760. The van der Waals surface area contributed by atoms with Crippen LogP contribution in [-0.4, -0.2) is 34.6 Å².